The number of hydrogen-bond acceptors (Lipinski definition) is 4. The fraction of sp³-hybridized carbons (Fsp3) is 0.250. The minimum Gasteiger partial charge on any atom is -0.342 e. The molecule has 0 fully saturated rings. The molecule has 68 valence electrons. The Bertz CT molecular complexity index is 181. The summed E-state index contributed by atoms with van der Waals surface area (Å²) < 4.78 is 0. The van der Waals surface area contributed by atoms with Gasteiger partial charge in [0.2, 0.25) is 0 Å². The zero-order chi connectivity index (χ0) is 9.23. The number of rotatable bonds is 5. The first-order valence-corrected chi connectivity index (χ1v) is 3.41. The molecule has 0 unspecified atom stereocenters. The van der Waals surface area contributed by atoms with Crippen LogP contribution in [0.3, 0.4) is 0 Å². The summed E-state index contributed by atoms with van der Waals surface area (Å²) in [5, 5.41) is 16.2. The monoisotopic (exact) mass is 172 g/mol. The summed E-state index contributed by atoms with van der Waals surface area (Å²) in [5.41, 5.74) is 0. The highest BCUT2D eigenvalue weighted by Gasteiger charge is 1.94. The van der Waals surface area contributed by atoms with Crippen LogP contribution in [0.25, 0.3) is 0 Å². The van der Waals surface area contributed by atoms with E-state index in [2.05, 4.69) is 9.78 Å². The molecule has 0 radical (unpaired) electrons. The van der Waals surface area contributed by atoms with Gasteiger partial charge in [-0.25, -0.2) is 10.1 Å². The molecule has 0 aliphatic carbocycles. The predicted molar refractivity (Wildman–Crippen MR) is 44.3 cm³/mol. The second-order valence-electron chi connectivity index (χ2n) is 1.91. The second kappa shape index (κ2) is 8.00. The average Bonchev–Trinajstić information content (AvgIpc) is 2.10. The van der Waals surface area contributed by atoms with Crippen molar-refractivity contribution in [3.63, 3.8) is 0 Å². The maximum Gasteiger partial charge on any atom is 0.171 e. The van der Waals surface area contributed by atoms with Crippen molar-refractivity contribution in [3.05, 3.63) is 36.1 Å². The Balaban J connectivity index is 3.92. The molecule has 0 rings (SSSR count). The summed E-state index contributed by atoms with van der Waals surface area (Å²) in [5.74, 6) is 0.123. The van der Waals surface area contributed by atoms with Crippen LogP contribution in [0.1, 0.15) is 6.92 Å². The van der Waals surface area contributed by atoms with Crippen LogP contribution in [0.4, 0.5) is 0 Å². The van der Waals surface area contributed by atoms with Gasteiger partial charge in [0.05, 0.1) is 0 Å². The standard InChI is InChI=1S/C8H12O4/c1-2-3-4-5-6-8(12-10)7-11-9/h2-6,9-10H,7H2,1H3. The molecular formula is C8H12O4. The van der Waals surface area contributed by atoms with E-state index in [1.54, 1.807) is 12.2 Å². The molecule has 4 heteroatoms. The Kier molecular flexibility index (Phi) is 7.27. The lowest BCUT2D eigenvalue weighted by Crippen LogP contribution is -1.96. The molecule has 0 aromatic carbocycles. The highest BCUT2D eigenvalue weighted by molar-refractivity contribution is 5.13. The molecule has 0 bridgehead atoms. The molecule has 0 aromatic heterocycles. The largest absolute Gasteiger partial charge is 0.342 e. The van der Waals surface area contributed by atoms with E-state index in [1.807, 2.05) is 19.1 Å². The summed E-state index contributed by atoms with van der Waals surface area (Å²) >= 11 is 0. The lowest BCUT2D eigenvalue weighted by molar-refractivity contribution is -0.268. The maximum atomic E-state index is 8.20. The second-order valence-corrected chi connectivity index (χ2v) is 1.91. The van der Waals surface area contributed by atoms with Crippen LogP contribution in [0.15, 0.2) is 36.1 Å². The third kappa shape index (κ3) is 5.67. The van der Waals surface area contributed by atoms with E-state index in [0.29, 0.717) is 0 Å². The molecule has 0 aromatic rings. The van der Waals surface area contributed by atoms with E-state index >= 15 is 0 Å². The van der Waals surface area contributed by atoms with Crippen LogP contribution in [0, 0.1) is 0 Å². The van der Waals surface area contributed by atoms with Crippen LogP contribution in [-0.4, -0.2) is 17.1 Å². The molecule has 0 aliphatic rings. The van der Waals surface area contributed by atoms with E-state index in [-0.39, 0.29) is 12.4 Å². The van der Waals surface area contributed by atoms with Crippen LogP contribution in [0.5, 0.6) is 0 Å². The van der Waals surface area contributed by atoms with Crippen LogP contribution < -0.4 is 0 Å². The third-order valence-electron chi connectivity index (χ3n) is 1.02. The predicted octanol–water partition coefficient (Wildman–Crippen LogP) is 1.98. The summed E-state index contributed by atoms with van der Waals surface area (Å²) in [6.45, 7) is 1.70. The molecule has 0 aliphatic heterocycles. The summed E-state index contributed by atoms with van der Waals surface area (Å²) in [7, 11) is 0. The van der Waals surface area contributed by atoms with Crippen molar-refractivity contribution >= 4 is 0 Å². The highest BCUT2D eigenvalue weighted by Crippen LogP contribution is 1.95. The molecule has 4 nitrogen and oxygen atoms in total. The Labute approximate surface area is 70.9 Å². The Hall–Kier alpha value is -1.10. The van der Waals surface area contributed by atoms with Gasteiger partial charge in [0.15, 0.2) is 5.76 Å². The maximum absolute atomic E-state index is 8.20. The van der Waals surface area contributed by atoms with Crippen molar-refractivity contribution in [2.45, 2.75) is 6.92 Å². The van der Waals surface area contributed by atoms with E-state index < -0.39 is 0 Å². The quantitative estimate of drug-likeness (QED) is 0.288. The molecule has 12 heavy (non-hydrogen) atoms. The van der Waals surface area contributed by atoms with Gasteiger partial charge in [-0.2, -0.15) is 0 Å². The fourth-order valence-electron chi connectivity index (χ4n) is 0.507. The van der Waals surface area contributed by atoms with Gasteiger partial charge in [-0.3, -0.25) is 5.26 Å². The lowest BCUT2D eigenvalue weighted by Gasteiger charge is -1.97. The number of hydrogen-bond donors (Lipinski definition) is 2. The molecule has 0 amide bonds. The van der Waals surface area contributed by atoms with Crippen molar-refractivity contribution in [3.8, 4) is 0 Å². The van der Waals surface area contributed by atoms with Gasteiger partial charge in [-0.15, -0.1) is 0 Å². The molecule has 0 saturated carbocycles. The third-order valence-corrected chi connectivity index (χ3v) is 1.02. The first kappa shape index (κ1) is 10.9. The fourth-order valence-corrected chi connectivity index (χ4v) is 0.507. The normalized spacial score (nSPS) is 13.1. The van der Waals surface area contributed by atoms with Crippen LogP contribution in [0.2, 0.25) is 0 Å². The first-order valence-electron chi connectivity index (χ1n) is 3.41. The molecular weight excluding hydrogens is 160 g/mol. The first-order chi connectivity index (χ1) is 5.85. The van der Waals surface area contributed by atoms with Gasteiger partial charge in [-0.1, -0.05) is 24.3 Å². The van der Waals surface area contributed by atoms with Crippen LogP contribution >= 0.6 is 0 Å². The Morgan fingerprint density at radius 3 is 2.50 bits per heavy atom. The van der Waals surface area contributed by atoms with Gasteiger partial charge in [0.25, 0.3) is 0 Å². The van der Waals surface area contributed by atoms with Gasteiger partial charge >= 0.3 is 0 Å². The van der Waals surface area contributed by atoms with Gasteiger partial charge < -0.3 is 4.89 Å². The molecule has 0 atom stereocenters. The molecule has 0 saturated heterocycles. The minimum absolute atomic E-state index is 0.123. The van der Waals surface area contributed by atoms with Crippen molar-refractivity contribution in [1.82, 2.24) is 0 Å². The highest BCUT2D eigenvalue weighted by atomic mass is 17.1. The summed E-state index contributed by atoms with van der Waals surface area (Å²) in [6.07, 6.45) is 8.52. The summed E-state index contributed by atoms with van der Waals surface area (Å²) in [6, 6.07) is 0. The zero-order valence-corrected chi connectivity index (χ0v) is 6.80. The number of allylic oxidation sites excluding steroid dienone is 5. The average molecular weight is 172 g/mol. The van der Waals surface area contributed by atoms with E-state index in [9.17, 15) is 0 Å². The van der Waals surface area contributed by atoms with Crippen molar-refractivity contribution < 1.29 is 20.3 Å². The van der Waals surface area contributed by atoms with Crippen molar-refractivity contribution in [2.75, 3.05) is 6.61 Å². The van der Waals surface area contributed by atoms with E-state index in [0.717, 1.165) is 0 Å². The van der Waals surface area contributed by atoms with Gasteiger partial charge in [0.1, 0.15) is 6.61 Å². The zero-order valence-electron chi connectivity index (χ0n) is 6.80. The smallest absolute Gasteiger partial charge is 0.171 e. The molecule has 0 heterocycles. The topological polar surface area (TPSA) is 58.9 Å². The van der Waals surface area contributed by atoms with Crippen molar-refractivity contribution in [2.24, 2.45) is 0 Å². The Morgan fingerprint density at radius 2 is 2.00 bits per heavy atom. The van der Waals surface area contributed by atoms with Gasteiger partial charge in [-0.05, 0) is 13.0 Å². The lowest BCUT2D eigenvalue weighted by atomic mass is 10.4. The Morgan fingerprint density at radius 1 is 1.25 bits per heavy atom. The minimum atomic E-state index is -0.184. The molecule has 2 N–H and O–H groups in total. The van der Waals surface area contributed by atoms with Crippen LogP contribution in [-0.2, 0) is 9.78 Å². The van der Waals surface area contributed by atoms with Gasteiger partial charge in [0, 0.05) is 0 Å². The molecule has 0 spiro atoms. The van der Waals surface area contributed by atoms with E-state index in [1.165, 1.54) is 6.08 Å². The van der Waals surface area contributed by atoms with E-state index in [4.69, 9.17) is 10.5 Å². The SMILES string of the molecule is CC=CC=CC=C(COO)OO. The van der Waals surface area contributed by atoms with Crippen molar-refractivity contribution in [1.29, 1.82) is 0 Å². The summed E-state index contributed by atoms with van der Waals surface area (Å²) in [4.78, 5) is 7.62.